The summed E-state index contributed by atoms with van der Waals surface area (Å²) in [5.74, 6) is 1.16. The second kappa shape index (κ2) is 8.03. The molecule has 0 heterocycles. The Balaban J connectivity index is 2.07. The van der Waals surface area contributed by atoms with Crippen LogP contribution >= 0.6 is 0 Å². The molecule has 0 fully saturated rings. The SMILES string of the molecule is CCOc1ccc(/C=C\C(=O)Nc2ccccc2C)cc1OC. The van der Waals surface area contributed by atoms with Crippen molar-refractivity contribution in [3.8, 4) is 11.5 Å². The molecule has 0 spiro atoms. The lowest BCUT2D eigenvalue weighted by molar-refractivity contribution is -0.111. The molecule has 0 aromatic heterocycles. The first-order valence-corrected chi connectivity index (χ1v) is 7.49. The fraction of sp³-hybridized carbons (Fsp3) is 0.211. The minimum absolute atomic E-state index is 0.174. The van der Waals surface area contributed by atoms with Crippen LogP contribution in [0.2, 0.25) is 0 Å². The maximum Gasteiger partial charge on any atom is 0.248 e. The molecular weight excluding hydrogens is 290 g/mol. The fourth-order valence-corrected chi connectivity index (χ4v) is 2.12. The van der Waals surface area contributed by atoms with Crippen LogP contribution in [0, 0.1) is 6.92 Å². The van der Waals surface area contributed by atoms with E-state index in [1.165, 1.54) is 6.08 Å². The van der Waals surface area contributed by atoms with Crippen molar-refractivity contribution in [3.05, 3.63) is 59.7 Å². The Morgan fingerprint density at radius 2 is 1.96 bits per heavy atom. The molecule has 0 saturated carbocycles. The number of aryl methyl sites for hydroxylation is 1. The van der Waals surface area contributed by atoms with Gasteiger partial charge >= 0.3 is 0 Å². The van der Waals surface area contributed by atoms with E-state index >= 15 is 0 Å². The highest BCUT2D eigenvalue weighted by Gasteiger charge is 2.04. The third-order valence-corrected chi connectivity index (χ3v) is 3.32. The van der Waals surface area contributed by atoms with Gasteiger partial charge in [-0.05, 0) is 49.2 Å². The number of methoxy groups -OCH3 is 1. The average Bonchev–Trinajstić information content (AvgIpc) is 2.56. The Bertz CT molecular complexity index is 708. The summed E-state index contributed by atoms with van der Waals surface area (Å²) < 4.78 is 10.8. The van der Waals surface area contributed by atoms with Gasteiger partial charge in [0.1, 0.15) is 0 Å². The highest BCUT2D eigenvalue weighted by atomic mass is 16.5. The highest BCUT2D eigenvalue weighted by molar-refractivity contribution is 6.02. The first kappa shape index (κ1) is 16.6. The Morgan fingerprint density at radius 3 is 2.65 bits per heavy atom. The summed E-state index contributed by atoms with van der Waals surface area (Å²) in [6.07, 6.45) is 3.24. The van der Waals surface area contributed by atoms with E-state index in [2.05, 4.69) is 5.32 Å². The summed E-state index contributed by atoms with van der Waals surface area (Å²) in [5.41, 5.74) is 2.70. The first-order chi connectivity index (χ1) is 11.1. The molecule has 4 nitrogen and oxygen atoms in total. The third kappa shape index (κ3) is 4.61. The van der Waals surface area contributed by atoms with Crippen molar-refractivity contribution < 1.29 is 14.3 Å². The molecule has 0 bridgehead atoms. The normalized spacial score (nSPS) is 10.6. The largest absolute Gasteiger partial charge is 0.493 e. The van der Waals surface area contributed by atoms with Crippen LogP contribution < -0.4 is 14.8 Å². The van der Waals surface area contributed by atoms with Crippen LogP contribution in [0.4, 0.5) is 5.69 Å². The summed E-state index contributed by atoms with van der Waals surface area (Å²) in [6, 6.07) is 13.2. The fourth-order valence-electron chi connectivity index (χ4n) is 2.12. The molecule has 0 aliphatic rings. The van der Waals surface area contributed by atoms with E-state index in [4.69, 9.17) is 9.47 Å². The molecule has 2 rings (SSSR count). The van der Waals surface area contributed by atoms with Crippen molar-refractivity contribution in [2.75, 3.05) is 19.0 Å². The minimum Gasteiger partial charge on any atom is -0.493 e. The number of carbonyl (C=O) groups is 1. The summed E-state index contributed by atoms with van der Waals surface area (Å²) in [7, 11) is 1.59. The Kier molecular flexibility index (Phi) is 5.80. The standard InChI is InChI=1S/C19H21NO3/c1-4-23-17-11-9-15(13-18(17)22-3)10-12-19(21)20-16-8-6-5-7-14(16)2/h5-13H,4H2,1-3H3,(H,20,21)/b12-10-. The van der Waals surface area contributed by atoms with Crippen LogP contribution in [0.5, 0.6) is 11.5 Å². The smallest absolute Gasteiger partial charge is 0.248 e. The molecule has 2 aromatic rings. The van der Waals surface area contributed by atoms with Gasteiger partial charge in [0.15, 0.2) is 11.5 Å². The predicted molar refractivity (Wildman–Crippen MR) is 93.0 cm³/mol. The van der Waals surface area contributed by atoms with Gasteiger partial charge in [0, 0.05) is 11.8 Å². The van der Waals surface area contributed by atoms with Crippen molar-refractivity contribution in [2.24, 2.45) is 0 Å². The lowest BCUT2D eigenvalue weighted by Gasteiger charge is -2.09. The number of benzene rings is 2. The van der Waals surface area contributed by atoms with Gasteiger partial charge in [0.25, 0.3) is 0 Å². The number of hydrogen-bond donors (Lipinski definition) is 1. The zero-order chi connectivity index (χ0) is 16.7. The topological polar surface area (TPSA) is 47.6 Å². The molecule has 1 amide bonds. The van der Waals surface area contributed by atoms with Crippen molar-refractivity contribution in [3.63, 3.8) is 0 Å². The van der Waals surface area contributed by atoms with E-state index < -0.39 is 0 Å². The molecule has 0 aliphatic heterocycles. The van der Waals surface area contributed by atoms with Gasteiger partial charge in [-0.25, -0.2) is 0 Å². The lowest BCUT2D eigenvalue weighted by Crippen LogP contribution is -2.08. The van der Waals surface area contributed by atoms with Crippen molar-refractivity contribution in [2.45, 2.75) is 13.8 Å². The van der Waals surface area contributed by atoms with Gasteiger partial charge < -0.3 is 14.8 Å². The maximum absolute atomic E-state index is 12.0. The van der Waals surface area contributed by atoms with E-state index in [0.29, 0.717) is 18.1 Å². The molecule has 0 atom stereocenters. The van der Waals surface area contributed by atoms with E-state index in [9.17, 15) is 4.79 Å². The zero-order valence-electron chi connectivity index (χ0n) is 13.6. The summed E-state index contributed by atoms with van der Waals surface area (Å²) in [6.45, 7) is 4.45. The zero-order valence-corrected chi connectivity index (χ0v) is 13.6. The monoisotopic (exact) mass is 311 g/mol. The molecule has 1 N–H and O–H groups in total. The molecule has 0 radical (unpaired) electrons. The Labute approximate surface area is 136 Å². The minimum atomic E-state index is -0.174. The Morgan fingerprint density at radius 1 is 1.17 bits per heavy atom. The van der Waals surface area contributed by atoms with Gasteiger partial charge in [-0.3, -0.25) is 4.79 Å². The van der Waals surface area contributed by atoms with Crippen LogP contribution in [-0.4, -0.2) is 19.6 Å². The summed E-state index contributed by atoms with van der Waals surface area (Å²) in [5, 5.41) is 2.86. The first-order valence-electron chi connectivity index (χ1n) is 7.49. The van der Waals surface area contributed by atoms with Crippen LogP contribution in [-0.2, 0) is 4.79 Å². The molecule has 0 unspecified atom stereocenters. The summed E-state index contributed by atoms with van der Waals surface area (Å²) in [4.78, 5) is 12.0. The molecule has 2 aromatic carbocycles. The molecule has 4 heteroatoms. The van der Waals surface area contributed by atoms with Crippen LogP contribution in [0.3, 0.4) is 0 Å². The van der Waals surface area contributed by atoms with Gasteiger partial charge in [0.05, 0.1) is 13.7 Å². The van der Waals surface area contributed by atoms with Crippen LogP contribution in [0.15, 0.2) is 48.5 Å². The van der Waals surface area contributed by atoms with Crippen molar-refractivity contribution in [1.29, 1.82) is 0 Å². The lowest BCUT2D eigenvalue weighted by atomic mass is 10.1. The number of carbonyl (C=O) groups excluding carboxylic acids is 1. The number of anilines is 1. The molecule has 120 valence electrons. The van der Waals surface area contributed by atoms with E-state index in [0.717, 1.165) is 16.8 Å². The van der Waals surface area contributed by atoms with Gasteiger partial charge in [0.2, 0.25) is 5.91 Å². The van der Waals surface area contributed by atoms with E-state index in [1.54, 1.807) is 13.2 Å². The number of hydrogen-bond acceptors (Lipinski definition) is 3. The van der Waals surface area contributed by atoms with Crippen molar-refractivity contribution >= 4 is 17.7 Å². The molecule has 23 heavy (non-hydrogen) atoms. The van der Waals surface area contributed by atoms with Crippen LogP contribution in [0.25, 0.3) is 6.08 Å². The third-order valence-electron chi connectivity index (χ3n) is 3.32. The quantitative estimate of drug-likeness (QED) is 0.819. The number of nitrogens with one attached hydrogen (secondary N) is 1. The number of amides is 1. The van der Waals surface area contributed by atoms with Gasteiger partial charge in [-0.1, -0.05) is 24.3 Å². The summed E-state index contributed by atoms with van der Waals surface area (Å²) >= 11 is 0. The predicted octanol–water partition coefficient (Wildman–Crippen LogP) is 4.05. The second-order valence-corrected chi connectivity index (χ2v) is 4.98. The maximum atomic E-state index is 12.0. The van der Waals surface area contributed by atoms with Gasteiger partial charge in [-0.15, -0.1) is 0 Å². The van der Waals surface area contributed by atoms with Crippen LogP contribution in [0.1, 0.15) is 18.1 Å². The number of ether oxygens (including phenoxy) is 2. The molecule has 0 aliphatic carbocycles. The Hall–Kier alpha value is -2.75. The number of rotatable bonds is 6. The van der Waals surface area contributed by atoms with E-state index in [1.807, 2.05) is 56.3 Å². The molecular formula is C19H21NO3. The number of para-hydroxylation sites is 1. The van der Waals surface area contributed by atoms with E-state index in [-0.39, 0.29) is 5.91 Å². The molecule has 0 saturated heterocycles. The van der Waals surface area contributed by atoms with Gasteiger partial charge in [-0.2, -0.15) is 0 Å². The second-order valence-electron chi connectivity index (χ2n) is 4.98. The average molecular weight is 311 g/mol. The van der Waals surface area contributed by atoms with Crippen molar-refractivity contribution in [1.82, 2.24) is 0 Å². The highest BCUT2D eigenvalue weighted by Crippen LogP contribution is 2.28.